The first-order valence-electron chi connectivity index (χ1n) is 6.66. The summed E-state index contributed by atoms with van der Waals surface area (Å²) < 4.78 is 18.0. The van der Waals surface area contributed by atoms with E-state index in [4.69, 9.17) is 4.74 Å². The van der Waals surface area contributed by atoms with Crippen LogP contribution >= 0.6 is 0 Å². The molecule has 0 saturated heterocycles. The third kappa shape index (κ3) is 5.39. The maximum absolute atomic E-state index is 12.8. The number of esters is 1. The number of benzene rings is 1. The fourth-order valence-corrected chi connectivity index (χ4v) is 1.71. The van der Waals surface area contributed by atoms with Crippen LogP contribution in [0, 0.1) is 5.82 Å². The van der Waals surface area contributed by atoms with Crippen LogP contribution in [0.3, 0.4) is 0 Å². The maximum Gasteiger partial charge on any atom is 0.320 e. The summed E-state index contributed by atoms with van der Waals surface area (Å²) in [6, 6.07) is 6.37. The SMILES string of the molecule is CCCCOC(=O)CN(C)C(C)c1ccc(F)cc1. The first-order chi connectivity index (χ1) is 9.04. The molecule has 0 radical (unpaired) electrons. The Labute approximate surface area is 114 Å². The number of ether oxygens (including phenoxy) is 1. The highest BCUT2D eigenvalue weighted by molar-refractivity contribution is 5.71. The summed E-state index contributed by atoms with van der Waals surface area (Å²) in [5.41, 5.74) is 0.977. The third-order valence-electron chi connectivity index (χ3n) is 3.15. The van der Waals surface area contributed by atoms with Crippen LogP contribution in [0.5, 0.6) is 0 Å². The van der Waals surface area contributed by atoms with E-state index in [1.54, 1.807) is 12.1 Å². The predicted octanol–water partition coefficient (Wildman–Crippen LogP) is 3.16. The van der Waals surface area contributed by atoms with Crippen molar-refractivity contribution in [1.82, 2.24) is 4.90 Å². The van der Waals surface area contributed by atoms with Gasteiger partial charge in [0.15, 0.2) is 0 Å². The highest BCUT2D eigenvalue weighted by Gasteiger charge is 2.15. The molecule has 0 bridgehead atoms. The molecular weight excluding hydrogens is 245 g/mol. The number of halogens is 1. The molecule has 0 aliphatic carbocycles. The average molecular weight is 267 g/mol. The van der Waals surface area contributed by atoms with Crippen molar-refractivity contribution in [2.75, 3.05) is 20.2 Å². The van der Waals surface area contributed by atoms with Gasteiger partial charge in [-0.05, 0) is 38.1 Å². The number of nitrogens with zero attached hydrogens (tertiary/aromatic N) is 1. The van der Waals surface area contributed by atoms with E-state index >= 15 is 0 Å². The number of likely N-dealkylation sites (N-methyl/N-ethyl adjacent to an activating group) is 1. The molecule has 0 spiro atoms. The molecule has 0 heterocycles. The van der Waals surface area contributed by atoms with Gasteiger partial charge in [-0.3, -0.25) is 9.69 Å². The van der Waals surface area contributed by atoms with E-state index in [2.05, 4.69) is 6.92 Å². The summed E-state index contributed by atoms with van der Waals surface area (Å²) in [5.74, 6) is -0.470. The standard InChI is InChI=1S/C15H22FNO2/c1-4-5-10-19-15(18)11-17(3)12(2)13-6-8-14(16)9-7-13/h6-9,12H,4-5,10-11H2,1-3H3. The Morgan fingerprint density at radius 1 is 1.37 bits per heavy atom. The first-order valence-corrected chi connectivity index (χ1v) is 6.66. The van der Waals surface area contributed by atoms with Crippen molar-refractivity contribution in [2.45, 2.75) is 32.7 Å². The monoisotopic (exact) mass is 267 g/mol. The van der Waals surface area contributed by atoms with Gasteiger partial charge in [-0.1, -0.05) is 25.5 Å². The molecule has 1 unspecified atom stereocenters. The van der Waals surface area contributed by atoms with Crippen molar-refractivity contribution in [3.8, 4) is 0 Å². The minimum absolute atomic E-state index is 0.0410. The molecule has 3 nitrogen and oxygen atoms in total. The van der Waals surface area contributed by atoms with Crippen LogP contribution in [-0.2, 0) is 9.53 Å². The lowest BCUT2D eigenvalue weighted by Gasteiger charge is -2.24. The molecule has 0 aliphatic heterocycles. The van der Waals surface area contributed by atoms with E-state index in [0.717, 1.165) is 18.4 Å². The van der Waals surface area contributed by atoms with Crippen LogP contribution in [-0.4, -0.2) is 31.1 Å². The Bertz CT molecular complexity index is 392. The lowest BCUT2D eigenvalue weighted by Crippen LogP contribution is -2.30. The molecule has 19 heavy (non-hydrogen) atoms. The topological polar surface area (TPSA) is 29.5 Å². The number of unbranched alkanes of at least 4 members (excludes halogenated alkanes) is 1. The summed E-state index contributed by atoms with van der Waals surface area (Å²) in [6.45, 7) is 4.75. The Hall–Kier alpha value is -1.42. The van der Waals surface area contributed by atoms with Crippen molar-refractivity contribution in [2.24, 2.45) is 0 Å². The second kappa shape index (κ2) is 7.89. The van der Waals surface area contributed by atoms with Gasteiger partial charge in [0, 0.05) is 6.04 Å². The lowest BCUT2D eigenvalue weighted by atomic mass is 10.1. The van der Waals surface area contributed by atoms with Crippen LogP contribution in [0.15, 0.2) is 24.3 Å². The number of carbonyl (C=O) groups is 1. The summed E-state index contributed by atoms with van der Waals surface area (Å²) >= 11 is 0. The van der Waals surface area contributed by atoms with E-state index in [9.17, 15) is 9.18 Å². The van der Waals surface area contributed by atoms with Gasteiger partial charge in [-0.25, -0.2) is 4.39 Å². The number of hydrogen-bond acceptors (Lipinski definition) is 3. The van der Waals surface area contributed by atoms with Gasteiger partial charge in [0.2, 0.25) is 0 Å². The second-order valence-corrected chi connectivity index (χ2v) is 4.72. The zero-order chi connectivity index (χ0) is 14.3. The molecule has 1 aromatic carbocycles. The van der Waals surface area contributed by atoms with Gasteiger partial charge < -0.3 is 4.74 Å². The Balaban J connectivity index is 2.46. The highest BCUT2D eigenvalue weighted by atomic mass is 19.1. The van der Waals surface area contributed by atoms with E-state index in [0.29, 0.717) is 6.61 Å². The molecule has 0 aromatic heterocycles. The van der Waals surface area contributed by atoms with Crippen LogP contribution in [0.4, 0.5) is 4.39 Å². The normalized spacial score (nSPS) is 12.5. The van der Waals surface area contributed by atoms with Gasteiger partial charge in [-0.15, -0.1) is 0 Å². The summed E-state index contributed by atoms with van der Waals surface area (Å²) in [4.78, 5) is 13.5. The Morgan fingerprint density at radius 2 is 2.00 bits per heavy atom. The van der Waals surface area contributed by atoms with Crippen molar-refractivity contribution >= 4 is 5.97 Å². The quantitative estimate of drug-likeness (QED) is 0.561. The van der Waals surface area contributed by atoms with Crippen molar-refractivity contribution in [3.63, 3.8) is 0 Å². The highest BCUT2D eigenvalue weighted by Crippen LogP contribution is 2.18. The van der Waals surface area contributed by atoms with E-state index < -0.39 is 0 Å². The number of hydrogen-bond donors (Lipinski definition) is 0. The molecule has 0 saturated carbocycles. The predicted molar refractivity (Wildman–Crippen MR) is 73.3 cm³/mol. The summed E-state index contributed by atoms with van der Waals surface area (Å²) in [7, 11) is 1.86. The molecule has 0 N–H and O–H groups in total. The maximum atomic E-state index is 12.8. The Kier molecular flexibility index (Phi) is 6.50. The van der Waals surface area contributed by atoms with Gasteiger partial charge in [0.25, 0.3) is 0 Å². The third-order valence-corrected chi connectivity index (χ3v) is 3.15. The summed E-state index contributed by atoms with van der Waals surface area (Å²) in [5, 5.41) is 0. The van der Waals surface area contributed by atoms with Crippen LogP contribution in [0.2, 0.25) is 0 Å². The van der Waals surface area contributed by atoms with E-state index in [1.165, 1.54) is 12.1 Å². The molecule has 0 aliphatic rings. The molecule has 1 aromatic rings. The first kappa shape index (κ1) is 15.6. The van der Waals surface area contributed by atoms with E-state index in [-0.39, 0.29) is 24.4 Å². The van der Waals surface area contributed by atoms with Gasteiger partial charge in [-0.2, -0.15) is 0 Å². The second-order valence-electron chi connectivity index (χ2n) is 4.72. The molecule has 0 amide bonds. The van der Waals surface area contributed by atoms with Gasteiger partial charge >= 0.3 is 5.97 Å². The molecule has 1 rings (SSSR count). The Morgan fingerprint density at radius 3 is 2.58 bits per heavy atom. The summed E-state index contributed by atoms with van der Waals surface area (Å²) in [6.07, 6.45) is 1.90. The number of rotatable bonds is 7. The van der Waals surface area contributed by atoms with Crippen molar-refractivity contribution in [1.29, 1.82) is 0 Å². The molecule has 4 heteroatoms. The van der Waals surface area contributed by atoms with Crippen LogP contribution < -0.4 is 0 Å². The zero-order valence-corrected chi connectivity index (χ0v) is 11.9. The van der Waals surface area contributed by atoms with Crippen molar-refractivity contribution < 1.29 is 13.9 Å². The lowest BCUT2D eigenvalue weighted by molar-refractivity contribution is -0.145. The van der Waals surface area contributed by atoms with Crippen molar-refractivity contribution in [3.05, 3.63) is 35.6 Å². The number of carbonyl (C=O) groups excluding carboxylic acids is 1. The smallest absolute Gasteiger partial charge is 0.320 e. The average Bonchev–Trinajstić information content (AvgIpc) is 2.39. The molecule has 106 valence electrons. The van der Waals surface area contributed by atoms with Crippen LogP contribution in [0.25, 0.3) is 0 Å². The van der Waals surface area contributed by atoms with Crippen LogP contribution in [0.1, 0.15) is 38.3 Å². The molecule has 0 fully saturated rings. The minimum Gasteiger partial charge on any atom is -0.465 e. The minimum atomic E-state index is -0.252. The largest absolute Gasteiger partial charge is 0.465 e. The van der Waals surface area contributed by atoms with Gasteiger partial charge in [0.1, 0.15) is 5.82 Å². The zero-order valence-electron chi connectivity index (χ0n) is 11.9. The fourth-order valence-electron chi connectivity index (χ4n) is 1.71. The van der Waals surface area contributed by atoms with E-state index in [1.807, 2.05) is 18.9 Å². The fraction of sp³-hybridized carbons (Fsp3) is 0.533. The molecular formula is C15H22FNO2. The molecule has 1 atom stereocenters. The van der Waals surface area contributed by atoms with Gasteiger partial charge in [0.05, 0.1) is 13.2 Å².